The lowest BCUT2D eigenvalue weighted by Crippen LogP contribution is -2.18. The van der Waals surface area contributed by atoms with Gasteiger partial charge in [0.2, 0.25) is 0 Å². The van der Waals surface area contributed by atoms with E-state index < -0.39 is 0 Å². The minimum atomic E-state index is 0.518. The van der Waals surface area contributed by atoms with Crippen LogP contribution in [0.5, 0.6) is 5.75 Å². The molecule has 0 atom stereocenters. The number of benzene rings is 1. The van der Waals surface area contributed by atoms with Crippen molar-refractivity contribution in [2.75, 3.05) is 19.7 Å². The van der Waals surface area contributed by atoms with E-state index in [2.05, 4.69) is 44.3 Å². The SMILES string of the molecule is CCCNCCCOc1ccccc1C(C)C. The molecule has 0 radical (unpaired) electrons. The second-order valence-corrected chi connectivity index (χ2v) is 4.64. The molecule has 1 N–H and O–H groups in total. The summed E-state index contributed by atoms with van der Waals surface area (Å²) in [7, 11) is 0. The fourth-order valence-corrected chi connectivity index (χ4v) is 1.77. The van der Waals surface area contributed by atoms with E-state index in [1.165, 1.54) is 12.0 Å². The van der Waals surface area contributed by atoms with Gasteiger partial charge in [0.15, 0.2) is 0 Å². The van der Waals surface area contributed by atoms with Gasteiger partial charge in [0.1, 0.15) is 5.75 Å². The zero-order valence-electron chi connectivity index (χ0n) is 11.3. The number of rotatable bonds is 8. The van der Waals surface area contributed by atoms with Gasteiger partial charge in [-0.15, -0.1) is 0 Å². The average Bonchev–Trinajstić information content (AvgIpc) is 2.34. The first kappa shape index (κ1) is 14.0. The van der Waals surface area contributed by atoms with Crippen molar-refractivity contribution in [3.05, 3.63) is 29.8 Å². The fraction of sp³-hybridized carbons (Fsp3) is 0.600. The topological polar surface area (TPSA) is 21.3 Å². The summed E-state index contributed by atoms with van der Waals surface area (Å²) in [4.78, 5) is 0. The first-order valence-electron chi connectivity index (χ1n) is 6.68. The fourth-order valence-electron chi connectivity index (χ4n) is 1.77. The van der Waals surface area contributed by atoms with Crippen molar-refractivity contribution in [2.45, 2.75) is 39.5 Å². The molecule has 2 heteroatoms. The lowest BCUT2D eigenvalue weighted by molar-refractivity contribution is 0.304. The third kappa shape index (κ3) is 5.22. The molecule has 0 bridgehead atoms. The Kier molecular flexibility index (Phi) is 6.71. The van der Waals surface area contributed by atoms with E-state index >= 15 is 0 Å². The standard InChI is InChI=1S/C15H25NO/c1-4-10-16-11-7-12-17-15-9-6-5-8-14(15)13(2)3/h5-6,8-9,13,16H,4,7,10-12H2,1-3H3. The summed E-state index contributed by atoms with van der Waals surface area (Å²) in [5.74, 6) is 1.56. The summed E-state index contributed by atoms with van der Waals surface area (Å²) in [6.07, 6.45) is 2.25. The van der Waals surface area contributed by atoms with E-state index in [-0.39, 0.29) is 0 Å². The largest absolute Gasteiger partial charge is 0.493 e. The molecule has 0 aromatic heterocycles. The number of hydrogen-bond donors (Lipinski definition) is 1. The van der Waals surface area contributed by atoms with Crippen LogP contribution in [0.1, 0.15) is 45.1 Å². The molecule has 0 amide bonds. The van der Waals surface area contributed by atoms with Gasteiger partial charge in [-0.1, -0.05) is 39.0 Å². The van der Waals surface area contributed by atoms with Crippen molar-refractivity contribution in [3.8, 4) is 5.75 Å². The maximum Gasteiger partial charge on any atom is 0.122 e. The zero-order valence-corrected chi connectivity index (χ0v) is 11.3. The molecule has 1 aromatic carbocycles. The minimum absolute atomic E-state index is 0.518. The summed E-state index contributed by atoms with van der Waals surface area (Å²) in [6, 6.07) is 8.33. The van der Waals surface area contributed by atoms with E-state index in [1.807, 2.05) is 6.07 Å². The molecule has 0 saturated heterocycles. The molecular formula is C15H25NO. The zero-order chi connectivity index (χ0) is 12.5. The Bertz CT molecular complexity index is 310. The quantitative estimate of drug-likeness (QED) is 0.695. The molecular weight excluding hydrogens is 210 g/mol. The molecule has 2 nitrogen and oxygen atoms in total. The Balaban J connectivity index is 2.31. The van der Waals surface area contributed by atoms with E-state index in [0.717, 1.165) is 31.9 Å². The highest BCUT2D eigenvalue weighted by Crippen LogP contribution is 2.25. The highest BCUT2D eigenvalue weighted by Gasteiger charge is 2.05. The van der Waals surface area contributed by atoms with Gasteiger partial charge in [-0.3, -0.25) is 0 Å². The van der Waals surface area contributed by atoms with Gasteiger partial charge in [0, 0.05) is 0 Å². The molecule has 1 rings (SSSR count). The molecule has 1 aromatic rings. The number of hydrogen-bond acceptors (Lipinski definition) is 2. The average molecular weight is 235 g/mol. The van der Waals surface area contributed by atoms with Crippen LogP contribution < -0.4 is 10.1 Å². The van der Waals surface area contributed by atoms with Crippen LogP contribution in [0.2, 0.25) is 0 Å². The summed E-state index contributed by atoms with van der Waals surface area (Å²) >= 11 is 0. The number of para-hydroxylation sites is 1. The highest BCUT2D eigenvalue weighted by atomic mass is 16.5. The lowest BCUT2D eigenvalue weighted by atomic mass is 10.0. The maximum absolute atomic E-state index is 5.84. The number of ether oxygens (including phenoxy) is 1. The van der Waals surface area contributed by atoms with E-state index in [1.54, 1.807) is 0 Å². The maximum atomic E-state index is 5.84. The molecule has 0 heterocycles. The molecule has 0 saturated carbocycles. The van der Waals surface area contributed by atoms with E-state index in [0.29, 0.717) is 5.92 Å². The molecule has 0 aliphatic carbocycles. The van der Waals surface area contributed by atoms with Gasteiger partial charge < -0.3 is 10.1 Å². The van der Waals surface area contributed by atoms with Gasteiger partial charge in [-0.2, -0.15) is 0 Å². The van der Waals surface area contributed by atoms with Gasteiger partial charge >= 0.3 is 0 Å². The predicted octanol–water partition coefficient (Wildman–Crippen LogP) is 3.58. The third-order valence-electron chi connectivity index (χ3n) is 2.72. The second kappa shape index (κ2) is 8.13. The van der Waals surface area contributed by atoms with Crippen molar-refractivity contribution in [1.29, 1.82) is 0 Å². The number of nitrogens with one attached hydrogen (secondary N) is 1. The molecule has 0 spiro atoms. The van der Waals surface area contributed by atoms with Gasteiger partial charge in [-0.05, 0) is 43.5 Å². The monoisotopic (exact) mass is 235 g/mol. The summed E-state index contributed by atoms with van der Waals surface area (Å²) < 4.78 is 5.84. The van der Waals surface area contributed by atoms with E-state index in [4.69, 9.17) is 4.74 Å². The summed E-state index contributed by atoms with van der Waals surface area (Å²) in [5.41, 5.74) is 1.30. The normalized spacial score (nSPS) is 10.8. The van der Waals surface area contributed by atoms with Gasteiger partial charge in [-0.25, -0.2) is 0 Å². The molecule has 96 valence electrons. The second-order valence-electron chi connectivity index (χ2n) is 4.64. The molecule has 17 heavy (non-hydrogen) atoms. The first-order valence-corrected chi connectivity index (χ1v) is 6.68. The van der Waals surface area contributed by atoms with Crippen LogP contribution in [0.25, 0.3) is 0 Å². The summed E-state index contributed by atoms with van der Waals surface area (Å²) in [5, 5.41) is 3.38. The van der Waals surface area contributed by atoms with Gasteiger partial charge in [0.25, 0.3) is 0 Å². The van der Waals surface area contributed by atoms with E-state index in [9.17, 15) is 0 Å². The lowest BCUT2D eigenvalue weighted by Gasteiger charge is -2.13. The molecule has 0 fully saturated rings. The van der Waals surface area contributed by atoms with Crippen LogP contribution >= 0.6 is 0 Å². The van der Waals surface area contributed by atoms with Crippen molar-refractivity contribution < 1.29 is 4.74 Å². The summed E-state index contributed by atoms with van der Waals surface area (Å²) in [6.45, 7) is 9.51. The van der Waals surface area contributed by atoms with Crippen molar-refractivity contribution in [1.82, 2.24) is 5.32 Å². The van der Waals surface area contributed by atoms with Crippen LogP contribution in [0.4, 0.5) is 0 Å². The van der Waals surface area contributed by atoms with Crippen LogP contribution in [-0.2, 0) is 0 Å². The molecule has 0 aliphatic heterocycles. The smallest absolute Gasteiger partial charge is 0.122 e. The Morgan fingerprint density at radius 1 is 1.18 bits per heavy atom. The van der Waals surface area contributed by atoms with Crippen LogP contribution in [0.3, 0.4) is 0 Å². The van der Waals surface area contributed by atoms with Crippen molar-refractivity contribution in [2.24, 2.45) is 0 Å². The van der Waals surface area contributed by atoms with Crippen LogP contribution in [0.15, 0.2) is 24.3 Å². The van der Waals surface area contributed by atoms with Crippen molar-refractivity contribution in [3.63, 3.8) is 0 Å². The Morgan fingerprint density at radius 3 is 2.65 bits per heavy atom. The predicted molar refractivity (Wildman–Crippen MR) is 73.8 cm³/mol. The Morgan fingerprint density at radius 2 is 1.94 bits per heavy atom. The highest BCUT2D eigenvalue weighted by molar-refractivity contribution is 5.35. The molecule has 0 aliphatic rings. The third-order valence-corrected chi connectivity index (χ3v) is 2.72. The minimum Gasteiger partial charge on any atom is -0.493 e. The Hall–Kier alpha value is -1.02. The van der Waals surface area contributed by atoms with Crippen molar-refractivity contribution >= 4 is 0 Å². The first-order chi connectivity index (χ1) is 8.25. The van der Waals surface area contributed by atoms with Crippen LogP contribution in [0, 0.1) is 0 Å². The van der Waals surface area contributed by atoms with Gasteiger partial charge in [0.05, 0.1) is 6.61 Å². The molecule has 0 unspecified atom stereocenters. The Labute approximate surface area is 105 Å². The van der Waals surface area contributed by atoms with Crippen LogP contribution in [-0.4, -0.2) is 19.7 Å².